The Labute approximate surface area is 86.9 Å². The van der Waals surface area contributed by atoms with Crippen LogP contribution in [0.25, 0.3) is 0 Å². The molecule has 0 aromatic carbocycles. The molecule has 3 heteroatoms. The minimum absolute atomic E-state index is 0.256. The topological polar surface area (TPSA) is 32.3 Å². The van der Waals surface area contributed by atoms with Crippen LogP contribution in [-0.2, 0) is 4.79 Å². The third-order valence-corrected chi connectivity index (χ3v) is 3.01. The number of carbonyl (C=O) groups is 1. The molecule has 0 bridgehead atoms. The lowest BCUT2D eigenvalue weighted by Gasteiger charge is -2.39. The van der Waals surface area contributed by atoms with Gasteiger partial charge in [0.05, 0.1) is 6.54 Å². The molecular formula is C11H22N2O. The average molecular weight is 198 g/mol. The van der Waals surface area contributed by atoms with Gasteiger partial charge < -0.3 is 10.2 Å². The van der Waals surface area contributed by atoms with Crippen LogP contribution in [0.3, 0.4) is 0 Å². The van der Waals surface area contributed by atoms with E-state index >= 15 is 0 Å². The molecule has 0 aromatic heterocycles. The number of piperidine rings is 1. The summed E-state index contributed by atoms with van der Waals surface area (Å²) >= 11 is 0. The van der Waals surface area contributed by atoms with Gasteiger partial charge in [-0.1, -0.05) is 6.92 Å². The van der Waals surface area contributed by atoms with Gasteiger partial charge in [0.15, 0.2) is 0 Å². The summed E-state index contributed by atoms with van der Waals surface area (Å²) in [6.45, 7) is 7.68. The van der Waals surface area contributed by atoms with E-state index in [-0.39, 0.29) is 5.91 Å². The van der Waals surface area contributed by atoms with Crippen molar-refractivity contribution in [3.63, 3.8) is 0 Å². The van der Waals surface area contributed by atoms with E-state index in [9.17, 15) is 4.79 Å². The first-order valence-corrected chi connectivity index (χ1v) is 5.68. The van der Waals surface area contributed by atoms with Crippen molar-refractivity contribution in [1.29, 1.82) is 0 Å². The van der Waals surface area contributed by atoms with Crippen LogP contribution in [0.15, 0.2) is 0 Å². The molecule has 3 nitrogen and oxygen atoms in total. The van der Waals surface area contributed by atoms with Crippen LogP contribution in [0.4, 0.5) is 0 Å². The molecule has 2 atom stereocenters. The van der Waals surface area contributed by atoms with Crippen LogP contribution in [0.1, 0.15) is 40.0 Å². The van der Waals surface area contributed by atoms with Crippen LogP contribution >= 0.6 is 0 Å². The van der Waals surface area contributed by atoms with E-state index in [0.717, 1.165) is 19.4 Å². The first kappa shape index (κ1) is 11.5. The molecule has 0 aromatic rings. The fraction of sp³-hybridized carbons (Fsp3) is 0.909. The Morgan fingerprint density at radius 2 is 1.93 bits per heavy atom. The van der Waals surface area contributed by atoms with Crippen molar-refractivity contribution in [2.45, 2.75) is 52.1 Å². The number of hydrogen-bond donors (Lipinski definition) is 1. The van der Waals surface area contributed by atoms with Gasteiger partial charge in [-0.05, 0) is 39.7 Å². The highest BCUT2D eigenvalue weighted by atomic mass is 16.2. The molecule has 1 rings (SSSR count). The lowest BCUT2D eigenvalue weighted by Crippen LogP contribution is -2.50. The number of amides is 1. The maximum absolute atomic E-state index is 11.8. The molecule has 1 aliphatic heterocycles. The van der Waals surface area contributed by atoms with Gasteiger partial charge in [0.25, 0.3) is 0 Å². The maximum Gasteiger partial charge on any atom is 0.237 e. The molecule has 0 spiro atoms. The van der Waals surface area contributed by atoms with E-state index in [1.165, 1.54) is 6.42 Å². The summed E-state index contributed by atoms with van der Waals surface area (Å²) in [5.74, 6) is 0.256. The molecule has 1 fully saturated rings. The van der Waals surface area contributed by atoms with Crippen molar-refractivity contribution < 1.29 is 4.79 Å². The van der Waals surface area contributed by atoms with E-state index < -0.39 is 0 Å². The van der Waals surface area contributed by atoms with Crippen molar-refractivity contribution in [2.75, 3.05) is 13.1 Å². The zero-order valence-electron chi connectivity index (χ0n) is 9.55. The zero-order valence-corrected chi connectivity index (χ0v) is 9.55. The molecule has 1 amide bonds. The minimum atomic E-state index is 0.256. The number of likely N-dealkylation sites (N-methyl/N-ethyl adjacent to an activating group) is 1. The normalized spacial score (nSPS) is 27.8. The fourth-order valence-corrected chi connectivity index (χ4v) is 2.24. The summed E-state index contributed by atoms with van der Waals surface area (Å²) in [7, 11) is 0. The van der Waals surface area contributed by atoms with Crippen LogP contribution in [0, 0.1) is 0 Å². The lowest BCUT2D eigenvalue weighted by atomic mass is 9.97. The summed E-state index contributed by atoms with van der Waals surface area (Å²) < 4.78 is 0. The van der Waals surface area contributed by atoms with E-state index in [0.29, 0.717) is 18.6 Å². The first-order chi connectivity index (χ1) is 6.66. The van der Waals surface area contributed by atoms with Gasteiger partial charge in [0.1, 0.15) is 0 Å². The van der Waals surface area contributed by atoms with E-state index in [2.05, 4.69) is 19.2 Å². The molecule has 1 heterocycles. The highest BCUT2D eigenvalue weighted by Gasteiger charge is 2.27. The van der Waals surface area contributed by atoms with Crippen LogP contribution < -0.4 is 5.32 Å². The van der Waals surface area contributed by atoms with Crippen molar-refractivity contribution in [2.24, 2.45) is 0 Å². The Hall–Kier alpha value is -0.570. The van der Waals surface area contributed by atoms with Gasteiger partial charge in [-0.25, -0.2) is 0 Å². The van der Waals surface area contributed by atoms with Gasteiger partial charge >= 0.3 is 0 Å². The maximum atomic E-state index is 11.8. The zero-order chi connectivity index (χ0) is 10.6. The largest absolute Gasteiger partial charge is 0.336 e. The third kappa shape index (κ3) is 2.71. The third-order valence-electron chi connectivity index (χ3n) is 3.01. The Bertz CT molecular complexity index is 184. The Balaban J connectivity index is 2.49. The van der Waals surface area contributed by atoms with E-state index in [1.54, 1.807) is 0 Å². The number of nitrogens with one attached hydrogen (secondary N) is 1. The standard InChI is InChI=1S/C11H22N2O/c1-4-12-8-11(14)13-9(2)6-5-7-10(13)3/h9-10,12H,4-8H2,1-3H3/t9-,10+. The number of nitrogens with zero attached hydrogens (tertiary/aromatic N) is 1. The molecule has 14 heavy (non-hydrogen) atoms. The quantitative estimate of drug-likeness (QED) is 0.743. The summed E-state index contributed by atoms with van der Waals surface area (Å²) in [6, 6.07) is 0.842. The Kier molecular flexibility index (Phi) is 4.39. The molecule has 0 saturated carbocycles. The lowest BCUT2D eigenvalue weighted by molar-refractivity contribution is -0.136. The van der Waals surface area contributed by atoms with Gasteiger partial charge in [-0.15, -0.1) is 0 Å². The minimum Gasteiger partial charge on any atom is -0.336 e. The van der Waals surface area contributed by atoms with Gasteiger partial charge in [0, 0.05) is 12.1 Å². The predicted molar refractivity (Wildman–Crippen MR) is 58.2 cm³/mol. The SMILES string of the molecule is CCNCC(=O)N1[C@H](C)CCC[C@@H]1C. The molecular weight excluding hydrogens is 176 g/mol. The number of hydrogen-bond acceptors (Lipinski definition) is 2. The molecule has 1 N–H and O–H groups in total. The van der Waals surface area contributed by atoms with Gasteiger partial charge in [-0.3, -0.25) is 4.79 Å². The first-order valence-electron chi connectivity index (χ1n) is 5.68. The second-order valence-corrected chi connectivity index (χ2v) is 4.21. The molecule has 1 saturated heterocycles. The highest BCUT2D eigenvalue weighted by molar-refractivity contribution is 5.79. The Morgan fingerprint density at radius 3 is 2.43 bits per heavy atom. The van der Waals surface area contributed by atoms with Gasteiger partial charge in [-0.2, -0.15) is 0 Å². The predicted octanol–water partition coefficient (Wildman–Crippen LogP) is 1.39. The number of likely N-dealkylation sites (tertiary alicyclic amines) is 1. The summed E-state index contributed by atoms with van der Waals surface area (Å²) in [5, 5.41) is 3.10. The molecule has 1 aliphatic rings. The van der Waals surface area contributed by atoms with Crippen LogP contribution in [0.2, 0.25) is 0 Å². The Morgan fingerprint density at radius 1 is 1.36 bits per heavy atom. The smallest absolute Gasteiger partial charge is 0.237 e. The van der Waals surface area contributed by atoms with E-state index in [4.69, 9.17) is 0 Å². The van der Waals surface area contributed by atoms with Crippen molar-refractivity contribution in [3.8, 4) is 0 Å². The van der Waals surface area contributed by atoms with E-state index in [1.807, 2.05) is 11.8 Å². The van der Waals surface area contributed by atoms with Crippen molar-refractivity contribution in [1.82, 2.24) is 10.2 Å². The molecule has 82 valence electrons. The molecule has 0 unspecified atom stereocenters. The second kappa shape index (κ2) is 5.35. The summed E-state index contributed by atoms with van der Waals surface area (Å²) in [5.41, 5.74) is 0. The highest BCUT2D eigenvalue weighted by Crippen LogP contribution is 2.22. The second-order valence-electron chi connectivity index (χ2n) is 4.21. The summed E-state index contributed by atoms with van der Waals surface area (Å²) in [6.07, 6.45) is 3.57. The fourth-order valence-electron chi connectivity index (χ4n) is 2.24. The van der Waals surface area contributed by atoms with Crippen LogP contribution in [-0.4, -0.2) is 36.0 Å². The summed E-state index contributed by atoms with van der Waals surface area (Å²) in [4.78, 5) is 13.9. The monoisotopic (exact) mass is 198 g/mol. The number of rotatable bonds is 3. The van der Waals surface area contributed by atoms with Crippen molar-refractivity contribution in [3.05, 3.63) is 0 Å². The number of carbonyl (C=O) groups excluding carboxylic acids is 1. The average Bonchev–Trinajstić information content (AvgIpc) is 2.14. The van der Waals surface area contributed by atoms with Crippen molar-refractivity contribution >= 4 is 5.91 Å². The molecule has 0 aliphatic carbocycles. The molecule has 0 radical (unpaired) electrons. The van der Waals surface area contributed by atoms with Gasteiger partial charge in [0.2, 0.25) is 5.91 Å². The van der Waals surface area contributed by atoms with Crippen LogP contribution in [0.5, 0.6) is 0 Å².